The van der Waals surface area contributed by atoms with Crippen molar-refractivity contribution >= 4 is 28.8 Å². The van der Waals surface area contributed by atoms with Crippen LogP contribution in [0.1, 0.15) is 39.0 Å². The number of rotatable bonds is 6. The first-order chi connectivity index (χ1) is 17.0. The molecule has 1 aliphatic rings. The second-order valence-electron chi connectivity index (χ2n) is 7.85. The van der Waals surface area contributed by atoms with Gasteiger partial charge >= 0.3 is 5.97 Å². The molecule has 2 heterocycles. The van der Waals surface area contributed by atoms with Gasteiger partial charge in [0.15, 0.2) is 17.1 Å². The normalized spacial score (nSPS) is 13.6. The van der Waals surface area contributed by atoms with Gasteiger partial charge in [0, 0.05) is 16.5 Å². The molecule has 0 radical (unpaired) electrons. The summed E-state index contributed by atoms with van der Waals surface area (Å²) in [4.78, 5) is 25.8. The number of allylic oxidation sites excluding steroid dienone is 1. The molecule has 0 saturated carbocycles. The highest BCUT2D eigenvalue weighted by Gasteiger charge is 2.31. The van der Waals surface area contributed by atoms with Gasteiger partial charge in [-0.3, -0.25) is 4.79 Å². The molecule has 0 atom stereocenters. The van der Waals surface area contributed by atoms with E-state index in [-0.39, 0.29) is 23.1 Å². The van der Waals surface area contributed by atoms with Crippen molar-refractivity contribution < 1.29 is 33.0 Å². The van der Waals surface area contributed by atoms with E-state index < -0.39 is 5.97 Å². The first kappa shape index (κ1) is 22.3. The summed E-state index contributed by atoms with van der Waals surface area (Å²) in [5.74, 6) is 1.08. The standard InChI is InChI=1S/C28H22O7/c1-4-32-21-10-6-5-8-17(21)14-23-25(29)19-12-13-20(16(2)26(19)33-23)35-28(30)24-15-18-9-7-11-22(31-3)27(18)34-24/h5-15H,4H2,1-3H3/b23-14-. The van der Waals surface area contributed by atoms with Crippen molar-refractivity contribution in [1.82, 2.24) is 0 Å². The summed E-state index contributed by atoms with van der Waals surface area (Å²) in [5.41, 5.74) is 2.12. The van der Waals surface area contributed by atoms with Crippen LogP contribution in [0.25, 0.3) is 17.0 Å². The molecule has 0 bridgehead atoms. The molecule has 0 N–H and O–H groups in total. The van der Waals surface area contributed by atoms with Crippen molar-refractivity contribution in [3.05, 3.63) is 88.9 Å². The first-order valence-corrected chi connectivity index (χ1v) is 11.1. The topological polar surface area (TPSA) is 84.2 Å². The third-order valence-electron chi connectivity index (χ3n) is 5.67. The molecule has 1 aromatic heterocycles. The molecule has 7 nitrogen and oxygen atoms in total. The number of hydrogen-bond donors (Lipinski definition) is 0. The summed E-state index contributed by atoms with van der Waals surface area (Å²) in [6.45, 7) is 4.12. The van der Waals surface area contributed by atoms with Gasteiger partial charge in [0.05, 0.1) is 19.3 Å². The zero-order chi connectivity index (χ0) is 24.5. The molecule has 3 aromatic carbocycles. The SMILES string of the molecule is CCOc1ccccc1/C=C1\Oc2c(ccc(OC(=O)c3cc4cccc(OC)c4o3)c2C)C1=O. The number of para-hydroxylation sites is 2. The lowest BCUT2D eigenvalue weighted by Crippen LogP contribution is -2.08. The van der Waals surface area contributed by atoms with Gasteiger partial charge in [-0.05, 0) is 50.3 Å². The largest absolute Gasteiger partial charge is 0.493 e. The summed E-state index contributed by atoms with van der Waals surface area (Å²) < 4.78 is 28.1. The van der Waals surface area contributed by atoms with Crippen LogP contribution in [0.15, 0.2) is 70.8 Å². The van der Waals surface area contributed by atoms with Crippen molar-refractivity contribution in [2.45, 2.75) is 13.8 Å². The van der Waals surface area contributed by atoms with E-state index >= 15 is 0 Å². The molecule has 0 aliphatic carbocycles. The second-order valence-corrected chi connectivity index (χ2v) is 7.85. The van der Waals surface area contributed by atoms with Crippen LogP contribution in [0.4, 0.5) is 0 Å². The summed E-state index contributed by atoms with van der Waals surface area (Å²) in [7, 11) is 1.53. The van der Waals surface area contributed by atoms with Crippen LogP contribution < -0.4 is 18.9 Å². The summed E-state index contributed by atoms with van der Waals surface area (Å²) in [5, 5.41) is 0.720. The Morgan fingerprint density at radius 1 is 1.00 bits per heavy atom. The predicted molar refractivity (Wildman–Crippen MR) is 129 cm³/mol. The number of ketones is 1. The minimum absolute atomic E-state index is 0.0366. The van der Waals surface area contributed by atoms with E-state index in [1.165, 1.54) is 7.11 Å². The van der Waals surface area contributed by atoms with Gasteiger partial charge in [0.25, 0.3) is 0 Å². The highest BCUT2D eigenvalue weighted by molar-refractivity contribution is 6.15. The Morgan fingerprint density at radius 3 is 2.60 bits per heavy atom. The van der Waals surface area contributed by atoms with Crippen LogP contribution in [0.5, 0.6) is 23.0 Å². The molecular weight excluding hydrogens is 448 g/mol. The number of methoxy groups -OCH3 is 1. The number of ether oxygens (including phenoxy) is 4. The molecule has 0 fully saturated rings. The van der Waals surface area contributed by atoms with Crippen LogP contribution in [-0.4, -0.2) is 25.5 Å². The Kier molecular flexibility index (Phi) is 5.74. The van der Waals surface area contributed by atoms with Gasteiger partial charge in [-0.15, -0.1) is 0 Å². The lowest BCUT2D eigenvalue weighted by Gasteiger charge is -2.09. The Morgan fingerprint density at radius 2 is 1.80 bits per heavy atom. The van der Waals surface area contributed by atoms with Gasteiger partial charge in [0.2, 0.25) is 11.5 Å². The van der Waals surface area contributed by atoms with E-state index in [1.807, 2.05) is 43.3 Å². The van der Waals surface area contributed by atoms with Crippen LogP contribution in [0.3, 0.4) is 0 Å². The second kappa shape index (κ2) is 9.02. The van der Waals surface area contributed by atoms with E-state index in [0.717, 1.165) is 10.9 Å². The number of hydrogen-bond acceptors (Lipinski definition) is 7. The summed E-state index contributed by atoms with van der Waals surface area (Å²) in [6, 6.07) is 17.5. The predicted octanol–water partition coefficient (Wildman–Crippen LogP) is 5.98. The Balaban J connectivity index is 1.42. The summed E-state index contributed by atoms with van der Waals surface area (Å²) in [6.07, 6.45) is 1.65. The number of benzene rings is 3. The highest BCUT2D eigenvalue weighted by atomic mass is 16.6. The molecule has 176 valence electrons. The van der Waals surface area contributed by atoms with E-state index in [0.29, 0.717) is 40.6 Å². The molecule has 5 rings (SSSR count). The van der Waals surface area contributed by atoms with E-state index in [1.54, 1.807) is 37.3 Å². The molecule has 0 spiro atoms. The highest BCUT2D eigenvalue weighted by Crippen LogP contribution is 2.40. The van der Waals surface area contributed by atoms with Crippen LogP contribution in [0, 0.1) is 6.92 Å². The quantitative estimate of drug-likeness (QED) is 0.195. The molecular formula is C28H22O7. The van der Waals surface area contributed by atoms with E-state index in [9.17, 15) is 9.59 Å². The van der Waals surface area contributed by atoms with Crippen molar-refractivity contribution in [1.29, 1.82) is 0 Å². The smallest absolute Gasteiger partial charge is 0.379 e. The van der Waals surface area contributed by atoms with Crippen molar-refractivity contribution in [3.8, 4) is 23.0 Å². The summed E-state index contributed by atoms with van der Waals surface area (Å²) >= 11 is 0. The number of carbonyl (C=O) groups excluding carboxylic acids is 2. The number of carbonyl (C=O) groups is 2. The lowest BCUT2D eigenvalue weighted by atomic mass is 10.1. The molecule has 35 heavy (non-hydrogen) atoms. The fourth-order valence-electron chi connectivity index (χ4n) is 3.95. The molecule has 0 amide bonds. The van der Waals surface area contributed by atoms with Crippen molar-refractivity contribution in [2.75, 3.05) is 13.7 Å². The third kappa shape index (κ3) is 4.01. The zero-order valence-electron chi connectivity index (χ0n) is 19.4. The van der Waals surface area contributed by atoms with Crippen LogP contribution in [0.2, 0.25) is 0 Å². The van der Waals surface area contributed by atoms with Crippen LogP contribution in [-0.2, 0) is 0 Å². The number of Topliss-reactive ketones (excluding diaryl/α,β-unsaturated/α-hetero) is 1. The minimum Gasteiger partial charge on any atom is -0.493 e. The first-order valence-electron chi connectivity index (χ1n) is 11.1. The molecule has 1 aliphatic heterocycles. The average molecular weight is 470 g/mol. The Bertz CT molecular complexity index is 1490. The van der Waals surface area contributed by atoms with Gasteiger partial charge in [-0.2, -0.15) is 0 Å². The third-order valence-corrected chi connectivity index (χ3v) is 5.67. The maximum atomic E-state index is 13.0. The Labute approximate surface area is 201 Å². The number of furan rings is 1. The molecule has 0 saturated heterocycles. The van der Waals surface area contributed by atoms with Gasteiger partial charge in [-0.25, -0.2) is 4.79 Å². The van der Waals surface area contributed by atoms with Gasteiger partial charge in [-0.1, -0.05) is 30.3 Å². The van der Waals surface area contributed by atoms with Gasteiger partial charge < -0.3 is 23.4 Å². The van der Waals surface area contributed by atoms with Crippen molar-refractivity contribution in [2.24, 2.45) is 0 Å². The van der Waals surface area contributed by atoms with Crippen LogP contribution >= 0.6 is 0 Å². The minimum atomic E-state index is -0.669. The van der Waals surface area contributed by atoms with Crippen molar-refractivity contribution in [3.63, 3.8) is 0 Å². The molecule has 4 aromatic rings. The zero-order valence-corrected chi connectivity index (χ0v) is 19.4. The lowest BCUT2D eigenvalue weighted by molar-refractivity contribution is 0.0702. The maximum absolute atomic E-state index is 13.0. The van der Waals surface area contributed by atoms with E-state index in [2.05, 4.69) is 0 Å². The fourth-order valence-corrected chi connectivity index (χ4v) is 3.95. The number of fused-ring (bicyclic) bond motifs is 2. The molecule has 0 unspecified atom stereocenters. The maximum Gasteiger partial charge on any atom is 0.379 e. The number of esters is 1. The van der Waals surface area contributed by atoms with Gasteiger partial charge in [0.1, 0.15) is 17.2 Å². The average Bonchev–Trinajstić information content (AvgIpc) is 3.44. The molecule has 7 heteroatoms. The fraction of sp³-hybridized carbons (Fsp3) is 0.143. The Hall–Kier alpha value is -4.52. The monoisotopic (exact) mass is 470 g/mol. The van der Waals surface area contributed by atoms with E-state index in [4.69, 9.17) is 23.4 Å².